The lowest BCUT2D eigenvalue weighted by atomic mass is 9.95. The maximum atomic E-state index is 12.3. The van der Waals surface area contributed by atoms with Crippen molar-refractivity contribution in [2.24, 2.45) is 0 Å². The van der Waals surface area contributed by atoms with E-state index in [1.165, 1.54) is 6.42 Å². The van der Waals surface area contributed by atoms with E-state index in [1.54, 1.807) is 13.0 Å². The molecule has 3 aromatic rings. The van der Waals surface area contributed by atoms with E-state index >= 15 is 0 Å². The fourth-order valence-electron chi connectivity index (χ4n) is 3.52. The number of hydrogen-bond donors (Lipinski definition) is 1. The van der Waals surface area contributed by atoms with Gasteiger partial charge in [0.25, 0.3) is 0 Å². The Morgan fingerprint density at radius 2 is 1.83 bits per heavy atom. The summed E-state index contributed by atoms with van der Waals surface area (Å²) in [5.41, 5.74) is 2.36. The third-order valence-electron chi connectivity index (χ3n) is 4.96. The molecule has 2 aromatic carbocycles. The van der Waals surface area contributed by atoms with Gasteiger partial charge >= 0.3 is 5.63 Å². The summed E-state index contributed by atoms with van der Waals surface area (Å²) < 4.78 is 5.49. The highest BCUT2D eigenvalue weighted by molar-refractivity contribution is 5.97. The lowest BCUT2D eigenvalue weighted by Gasteiger charge is -2.14. The molecule has 3 rings (SSSR count). The zero-order valence-corrected chi connectivity index (χ0v) is 17.4. The van der Waals surface area contributed by atoms with Crippen LogP contribution in [0.25, 0.3) is 28.0 Å². The summed E-state index contributed by atoms with van der Waals surface area (Å²) >= 11 is 0. The smallest absolute Gasteiger partial charge is 0.343 e. The summed E-state index contributed by atoms with van der Waals surface area (Å²) in [5.74, 6) is 0.304. The van der Waals surface area contributed by atoms with Crippen molar-refractivity contribution in [1.82, 2.24) is 4.90 Å². The molecule has 0 amide bonds. The Morgan fingerprint density at radius 1 is 1.07 bits per heavy atom. The molecule has 1 atom stereocenters. The van der Waals surface area contributed by atoms with Gasteiger partial charge in [0.2, 0.25) is 0 Å². The van der Waals surface area contributed by atoms with E-state index in [1.807, 2.05) is 30.3 Å². The van der Waals surface area contributed by atoms with Gasteiger partial charge < -0.3 is 14.4 Å². The van der Waals surface area contributed by atoms with Crippen molar-refractivity contribution in [2.75, 3.05) is 20.6 Å². The van der Waals surface area contributed by atoms with Crippen LogP contribution in [-0.2, 0) is 0 Å². The van der Waals surface area contributed by atoms with E-state index in [4.69, 9.17) is 4.42 Å². The van der Waals surface area contributed by atoms with E-state index in [0.29, 0.717) is 11.1 Å². The number of fused-ring (bicyclic) bond motifs is 1. The first kappa shape index (κ1) is 21.0. The molecule has 0 saturated heterocycles. The number of benzene rings is 2. The summed E-state index contributed by atoms with van der Waals surface area (Å²) in [5, 5.41) is 11.5. The Balaban J connectivity index is 1.93. The zero-order chi connectivity index (χ0) is 20.8. The molecule has 4 nitrogen and oxygen atoms in total. The number of hydrogen-bond acceptors (Lipinski definition) is 4. The Labute approximate surface area is 172 Å². The Kier molecular flexibility index (Phi) is 7.02. The fraction of sp³-hybridized carbons (Fsp3) is 0.320. The molecule has 1 unspecified atom stereocenters. The topological polar surface area (TPSA) is 53.7 Å². The first-order valence-corrected chi connectivity index (χ1v) is 10.1. The number of allylic oxidation sites excluding steroid dienone is 1. The van der Waals surface area contributed by atoms with E-state index in [2.05, 4.69) is 43.3 Å². The molecule has 0 aliphatic rings. The van der Waals surface area contributed by atoms with Crippen LogP contribution in [0.3, 0.4) is 0 Å². The van der Waals surface area contributed by atoms with E-state index in [0.717, 1.165) is 41.5 Å². The lowest BCUT2D eigenvalue weighted by Crippen LogP contribution is -2.12. The van der Waals surface area contributed by atoms with Gasteiger partial charge in [-0.3, -0.25) is 0 Å². The predicted molar refractivity (Wildman–Crippen MR) is 120 cm³/mol. The molecule has 0 saturated carbocycles. The molecule has 29 heavy (non-hydrogen) atoms. The second-order valence-corrected chi connectivity index (χ2v) is 7.68. The van der Waals surface area contributed by atoms with Crippen LogP contribution in [0.5, 0.6) is 0 Å². The monoisotopic (exact) mass is 391 g/mol. The van der Waals surface area contributed by atoms with Crippen LogP contribution in [0.1, 0.15) is 43.6 Å². The first-order valence-electron chi connectivity index (χ1n) is 10.1. The molecule has 1 heterocycles. The molecule has 0 spiro atoms. The molecular formula is C25H29NO3. The zero-order valence-electron chi connectivity index (χ0n) is 17.4. The number of rotatable bonds is 8. The van der Waals surface area contributed by atoms with Crippen LogP contribution < -0.4 is 5.63 Å². The Hall–Kier alpha value is -2.69. The Morgan fingerprint density at radius 3 is 2.55 bits per heavy atom. The van der Waals surface area contributed by atoms with Crippen LogP contribution >= 0.6 is 0 Å². The van der Waals surface area contributed by atoms with Gasteiger partial charge in [0.05, 0.1) is 5.39 Å². The van der Waals surface area contributed by atoms with E-state index in [-0.39, 0.29) is 0 Å². The van der Waals surface area contributed by atoms with Gasteiger partial charge in [0.15, 0.2) is 0 Å². The normalized spacial score (nSPS) is 12.9. The standard InChI is InChI=1S/C25H29NO3/c1-18(27)24-23(21-14-7-8-15-22(21)25(28)29-24)20-13-10-12-19(17-20)11-6-4-5-9-16-26(2)3/h6-8,10-15,17-18,27H,4-5,9,16H2,1-3H3/b11-6+. The third kappa shape index (κ3) is 5.22. The minimum atomic E-state index is -0.877. The quantitative estimate of drug-likeness (QED) is 0.532. The predicted octanol–water partition coefficient (Wildman–Crippen LogP) is 5.26. The largest absolute Gasteiger partial charge is 0.424 e. The summed E-state index contributed by atoms with van der Waals surface area (Å²) in [6.07, 6.45) is 6.84. The van der Waals surface area contributed by atoms with Crippen LogP contribution in [0.2, 0.25) is 0 Å². The SMILES string of the molecule is CC(O)c1oc(=O)c2ccccc2c1-c1cccc(/C=C/CCCCN(C)C)c1. The van der Waals surface area contributed by atoms with Gasteiger partial charge in [-0.05, 0) is 70.1 Å². The molecule has 0 aliphatic carbocycles. The molecule has 1 N–H and O–H groups in total. The fourth-order valence-corrected chi connectivity index (χ4v) is 3.52. The minimum Gasteiger partial charge on any atom is -0.424 e. The maximum Gasteiger partial charge on any atom is 0.343 e. The summed E-state index contributed by atoms with van der Waals surface area (Å²) in [7, 11) is 4.19. The number of aliphatic hydroxyl groups excluding tert-OH is 1. The molecule has 0 radical (unpaired) electrons. The van der Waals surface area contributed by atoms with E-state index in [9.17, 15) is 9.90 Å². The highest BCUT2D eigenvalue weighted by Gasteiger charge is 2.18. The highest BCUT2D eigenvalue weighted by atomic mass is 16.4. The van der Waals surface area contributed by atoms with Gasteiger partial charge in [-0.25, -0.2) is 4.79 Å². The molecule has 0 fully saturated rings. The molecular weight excluding hydrogens is 362 g/mol. The highest BCUT2D eigenvalue weighted by Crippen LogP contribution is 2.34. The molecule has 4 heteroatoms. The molecule has 0 bridgehead atoms. The summed E-state index contributed by atoms with van der Waals surface area (Å²) in [6, 6.07) is 15.5. The number of unbranched alkanes of at least 4 members (excludes halogenated alkanes) is 2. The Bertz CT molecular complexity index is 1050. The van der Waals surface area contributed by atoms with Gasteiger partial charge in [0, 0.05) is 10.9 Å². The van der Waals surface area contributed by atoms with Crippen LogP contribution in [-0.4, -0.2) is 30.6 Å². The van der Waals surface area contributed by atoms with Gasteiger partial charge in [-0.15, -0.1) is 0 Å². The van der Waals surface area contributed by atoms with Gasteiger partial charge in [0.1, 0.15) is 11.9 Å². The van der Waals surface area contributed by atoms with Crippen molar-refractivity contribution in [3.63, 3.8) is 0 Å². The van der Waals surface area contributed by atoms with Gasteiger partial charge in [-0.2, -0.15) is 0 Å². The van der Waals surface area contributed by atoms with Crippen molar-refractivity contribution in [3.05, 3.63) is 76.4 Å². The molecule has 152 valence electrons. The van der Waals surface area contributed by atoms with Crippen molar-refractivity contribution >= 4 is 16.8 Å². The average molecular weight is 392 g/mol. The maximum absolute atomic E-state index is 12.3. The first-order chi connectivity index (χ1) is 14.0. The van der Waals surface area contributed by atoms with Crippen molar-refractivity contribution < 1.29 is 9.52 Å². The number of aliphatic hydroxyl groups is 1. The van der Waals surface area contributed by atoms with Crippen LogP contribution in [0.15, 0.2) is 63.8 Å². The lowest BCUT2D eigenvalue weighted by molar-refractivity contribution is 0.166. The van der Waals surface area contributed by atoms with Crippen molar-refractivity contribution in [2.45, 2.75) is 32.3 Å². The van der Waals surface area contributed by atoms with Crippen molar-refractivity contribution in [1.29, 1.82) is 0 Å². The van der Waals surface area contributed by atoms with Crippen LogP contribution in [0.4, 0.5) is 0 Å². The number of nitrogens with zero attached hydrogens (tertiary/aromatic N) is 1. The van der Waals surface area contributed by atoms with Gasteiger partial charge in [-0.1, -0.05) is 48.6 Å². The van der Waals surface area contributed by atoms with E-state index < -0.39 is 11.7 Å². The van der Waals surface area contributed by atoms with Crippen molar-refractivity contribution in [3.8, 4) is 11.1 Å². The second kappa shape index (κ2) is 9.68. The average Bonchev–Trinajstić information content (AvgIpc) is 2.70. The van der Waals surface area contributed by atoms with Crippen LogP contribution in [0, 0.1) is 0 Å². The molecule has 0 aliphatic heterocycles. The summed E-state index contributed by atoms with van der Waals surface area (Å²) in [4.78, 5) is 14.5. The second-order valence-electron chi connectivity index (χ2n) is 7.68. The third-order valence-corrected chi connectivity index (χ3v) is 4.96. The summed E-state index contributed by atoms with van der Waals surface area (Å²) in [6.45, 7) is 2.73. The molecule has 1 aromatic heterocycles. The minimum absolute atomic E-state index is 0.304.